The summed E-state index contributed by atoms with van der Waals surface area (Å²) in [6.07, 6.45) is 6.53. The Morgan fingerprint density at radius 3 is 2.57 bits per heavy atom. The quantitative estimate of drug-likeness (QED) is 0.483. The van der Waals surface area contributed by atoms with E-state index >= 15 is 0 Å². The van der Waals surface area contributed by atoms with Gasteiger partial charge in [-0.25, -0.2) is 0 Å². The molecule has 2 aliphatic rings. The first-order valence-electron chi connectivity index (χ1n) is 13.6. The molecule has 1 saturated carbocycles. The number of ether oxygens (including phenoxy) is 1. The molecule has 1 aromatic carbocycles. The van der Waals surface area contributed by atoms with Gasteiger partial charge in [0.25, 0.3) is 11.8 Å². The molecule has 0 unspecified atom stereocenters. The maximum atomic E-state index is 13.5. The summed E-state index contributed by atoms with van der Waals surface area (Å²) >= 11 is 0. The van der Waals surface area contributed by atoms with Gasteiger partial charge in [0.15, 0.2) is 5.69 Å². The molecular weight excluding hydrogens is 470 g/mol. The molecule has 1 aliphatic heterocycles. The van der Waals surface area contributed by atoms with E-state index < -0.39 is 5.54 Å². The summed E-state index contributed by atoms with van der Waals surface area (Å²) < 4.78 is 6.99. The minimum absolute atomic E-state index is 0.147. The van der Waals surface area contributed by atoms with Gasteiger partial charge in [0.05, 0.1) is 13.2 Å². The van der Waals surface area contributed by atoms with E-state index in [9.17, 15) is 14.4 Å². The predicted molar refractivity (Wildman–Crippen MR) is 141 cm³/mol. The number of carbonyl (C=O) groups excluding carboxylic acids is 3. The van der Waals surface area contributed by atoms with Crippen molar-refractivity contribution >= 4 is 17.7 Å². The number of nitrogens with zero attached hydrogens (tertiary/aromatic N) is 3. The number of unbranched alkanes of at least 4 members (excludes halogenated alkanes) is 1. The SMILES string of the molecule is CCCCN1C(=O)c2cc(C(=O)NCCc3ccc(OCC)cc3)nn2C[C@]1(C)C(=O)NC1CCCC1. The highest BCUT2D eigenvalue weighted by Gasteiger charge is 2.48. The average Bonchev–Trinajstić information content (AvgIpc) is 3.55. The van der Waals surface area contributed by atoms with Gasteiger partial charge >= 0.3 is 0 Å². The van der Waals surface area contributed by atoms with Crippen LogP contribution in [0.15, 0.2) is 30.3 Å². The monoisotopic (exact) mass is 509 g/mol. The van der Waals surface area contributed by atoms with E-state index in [1.807, 2.05) is 38.1 Å². The fraction of sp³-hybridized carbons (Fsp3) is 0.571. The molecule has 1 aliphatic carbocycles. The molecule has 2 N–H and O–H groups in total. The summed E-state index contributed by atoms with van der Waals surface area (Å²) in [5.74, 6) is 0.0781. The highest BCUT2D eigenvalue weighted by molar-refractivity contribution is 6.01. The molecule has 0 spiro atoms. The third-order valence-electron chi connectivity index (χ3n) is 7.38. The first-order valence-corrected chi connectivity index (χ1v) is 13.6. The van der Waals surface area contributed by atoms with Crippen LogP contribution in [-0.2, 0) is 17.8 Å². The van der Waals surface area contributed by atoms with Crippen molar-refractivity contribution in [3.63, 3.8) is 0 Å². The molecule has 1 aromatic heterocycles. The summed E-state index contributed by atoms with van der Waals surface area (Å²) in [5, 5.41) is 10.5. The fourth-order valence-corrected chi connectivity index (χ4v) is 5.16. The van der Waals surface area contributed by atoms with E-state index in [4.69, 9.17) is 4.74 Å². The smallest absolute Gasteiger partial charge is 0.273 e. The normalized spacial score (nSPS) is 19.5. The number of rotatable bonds is 11. The van der Waals surface area contributed by atoms with Crippen LogP contribution in [0.4, 0.5) is 0 Å². The van der Waals surface area contributed by atoms with Crippen molar-refractivity contribution in [2.24, 2.45) is 0 Å². The lowest BCUT2D eigenvalue weighted by Gasteiger charge is -2.43. The Morgan fingerprint density at radius 1 is 1.16 bits per heavy atom. The van der Waals surface area contributed by atoms with E-state index in [1.165, 1.54) is 4.68 Å². The highest BCUT2D eigenvalue weighted by atomic mass is 16.5. The molecular formula is C28H39N5O4. The van der Waals surface area contributed by atoms with Gasteiger partial charge in [-0.05, 0) is 57.2 Å². The van der Waals surface area contributed by atoms with Crippen LogP contribution in [-0.4, -0.2) is 63.7 Å². The summed E-state index contributed by atoms with van der Waals surface area (Å²) in [6.45, 7) is 7.57. The van der Waals surface area contributed by atoms with Gasteiger partial charge in [-0.1, -0.05) is 38.3 Å². The van der Waals surface area contributed by atoms with E-state index in [-0.39, 0.29) is 36.0 Å². The van der Waals surface area contributed by atoms with Crippen molar-refractivity contribution in [1.29, 1.82) is 0 Å². The van der Waals surface area contributed by atoms with Gasteiger partial charge in [-0.3, -0.25) is 19.1 Å². The lowest BCUT2D eigenvalue weighted by atomic mass is 9.94. The Morgan fingerprint density at radius 2 is 1.89 bits per heavy atom. The lowest BCUT2D eigenvalue weighted by molar-refractivity contribution is -0.133. The molecule has 1 atom stereocenters. The standard InChI is InChI=1S/C28H39N5O4/c1-4-6-17-32-26(35)24-18-23(25(34)29-16-15-20-11-13-22(14-12-20)37-5-2)31-33(24)19-28(32,3)27(36)30-21-9-7-8-10-21/h11-14,18,21H,4-10,15-17,19H2,1-3H3,(H,29,34)(H,30,36)/t28-/m1/s1. The highest BCUT2D eigenvalue weighted by Crippen LogP contribution is 2.29. The van der Waals surface area contributed by atoms with E-state index in [1.54, 1.807) is 11.0 Å². The van der Waals surface area contributed by atoms with Gasteiger partial charge in [0.2, 0.25) is 5.91 Å². The zero-order valence-electron chi connectivity index (χ0n) is 22.2. The van der Waals surface area contributed by atoms with Crippen molar-refractivity contribution in [3.8, 4) is 5.75 Å². The number of hydrogen-bond donors (Lipinski definition) is 2. The molecule has 4 rings (SSSR count). The van der Waals surface area contributed by atoms with Gasteiger partial charge in [0, 0.05) is 25.2 Å². The largest absolute Gasteiger partial charge is 0.494 e. The second kappa shape index (κ2) is 11.8. The Labute approximate surface area is 218 Å². The van der Waals surface area contributed by atoms with E-state index in [0.717, 1.165) is 49.8 Å². The number of nitrogens with one attached hydrogen (secondary N) is 2. The minimum Gasteiger partial charge on any atom is -0.494 e. The van der Waals surface area contributed by atoms with Crippen molar-refractivity contribution in [3.05, 3.63) is 47.3 Å². The third kappa shape index (κ3) is 5.97. The molecule has 0 radical (unpaired) electrons. The van der Waals surface area contributed by atoms with E-state index in [2.05, 4.69) is 22.7 Å². The molecule has 0 saturated heterocycles. The summed E-state index contributed by atoms with van der Waals surface area (Å²) in [6, 6.07) is 9.49. The number of carbonyl (C=O) groups is 3. The fourth-order valence-electron chi connectivity index (χ4n) is 5.16. The topological polar surface area (TPSA) is 106 Å². The summed E-state index contributed by atoms with van der Waals surface area (Å²) in [5.41, 5.74) is 0.554. The van der Waals surface area contributed by atoms with Crippen LogP contribution in [0, 0.1) is 0 Å². The molecule has 9 heteroatoms. The van der Waals surface area contributed by atoms with Crippen LogP contribution in [0.5, 0.6) is 5.75 Å². The number of hydrogen-bond acceptors (Lipinski definition) is 5. The van der Waals surface area contributed by atoms with Crippen molar-refractivity contribution < 1.29 is 19.1 Å². The Hall–Kier alpha value is -3.36. The van der Waals surface area contributed by atoms with Crippen LogP contribution in [0.3, 0.4) is 0 Å². The maximum Gasteiger partial charge on any atom is 0.273 e. The second-order valence-electron chi connectivity index (χ2n) is 10.2. The number of amides is 3. The Balaban J connectivity index is 1.44. The summed E-state index contributed by atoms with van der Waals surface area (Å²) in [4.78, 5) is 41.5. The van der Waals surface area contributed by atoms with Gasteiger partial charge in [0.1, 0.15) is 17.0 Å². The molecule has 200 valence electrons. The van der Waals surface area contributed by atoms with Crippen LogP contribution in [0.25, 0.3) is 0 Å². The van der Waals surface area contributed by atoms with Crippen molar-refractivity contribution in [1.82, 2.24) is 25.3 Å². The zero-order valence-corrected chi connectivity index (χ0v) is 22.2. The van der Waals surface area contributed by atoms with Crippen molar-refractivity contribution in [2.45, 2.75) is 83.8 Å². The third-order valence-corrected chi connectivity index (χ3v) is 7.38. The van der Waals surface area contributed by atoms with E-state index in [0.29, 0.717) is 31.8 Å². The van der Waals surface area contributed by atoms with Crippen LogP contribution in [0.2, 0.25) is 0 Å². The Bertz CT molecular complexity index is 1110. The molecule has 0 bridgehead atoms. The predicted octanol–water partition coefficient (Wildman–Crippen LogP) is 3.33. The minimum atomic E-state index is -1.06. The maximum absolute atomic E-state index is 13.5. The molecule has 37 heavy (non-hydrogen) atoms. The summed E-state index contributed by atoms with van der Waals surface area (Å²) in [7, 11) is 0. The first-order chi connectivity index (χ1) is 17.9. The molecule has 3 amide bonds. The van der Waals surface area contributed by atoms with Crippen LogP contribution < -0.4 is 15.4 Å². The number of benzene rings is 1. The number of aromatic nitrogens is 2. The molecule has 1 fully saturated rings. The number of fused-ring (bicyclic) bond motifs is 1. The second-order valence-corrected chi connectivity index (χ2v) is 10.2. The van der Waals surface area contributed by atoms with Gasteiger partial charge in [-0.15, -0.1) is 0 Å². The average molecular weight is 510 g/mol. The van der Waals surface area contributed by atoms with Gasteiger partial charge < -0.3 is 20.3 Å². The lowest BCUT2D eigenvalue weighted by Crippen LogP contribution is -2.65. The molecule has 2 heterocycles. The Kier molecular flexibility index (Phi) is 8.51. The zero-order chi connectivity index (χ0) is 26.4. The van der Waals surface area contributed by atoms with Gasteiger partial charge in [-0.2, -0.15) is 5.10 Å². The van der Waals surface area contributed by atoms with Crippen LogP contribution in [0.1, 0.15) is 85.8 Å². The molecule has 9 nitrogen and oxygen atoms in total. The van der Waals surface area contributed by atoms with Crippen LogP contribution >= 0.6 is 0 Å². The van der Waals surface area contributed by atoms with Crippen molar-refractivity contribution in [2.75, 3.05) is 19.7 Å². The first kappa shape index (κ1) is 26.7. The molecule has 2 aromatic rings.